The van der Waals surface area contributed by atoms with E-state index in [9.17, 15) is 9.59 Å². The van der Waals surface area contributed by atoms with E-state index >= 15 is 0 Å². The van der Waals surface area contributed by atoms with E-state index in [1.807, 2.05) is 31.2 Å². The van der Waals surface area contributed by atoms with Crippen molar-refractivity contribution in [1.82, 2.24) is 0 Å². The van der Waals surface area contributed by atoms with Crippen LogP contribution < -0.4 is 0 Å². The Hall–Kier alpha value is -1.84. The number of esters is 2. The summed E-state index contributed by atoms with van der Waals surface area (Å²) < 4.78 is 10.4. The summed E-state index contributed by atoms with van der Waals surface area (Å²) >= 11 is 0. The third-order valence-corrected chi connectivity index (χ3v) is 5.06. The first-order valence-electron chi connectivity index (χ1n) is 11.5. The number of aryl methyl sites for hydroxylation is 1. The smallest absolute Gasteiger partial charge is 0.306 e. The molecule has 1 rings (SSSR count). The van der Waals surface area contributed by atoms with Gasteiger partial charge in [0.15, 0.2) is 0 Å². The molecular weight excluding hydrogens is 364 g/mol. The number of benzene rings is 1. The topological polar surface area (TPSA) is 52.6 Å². The molecule has 0 N–H and O–H groups in total. The molecule has 0 radical (unpaired) electrons. The molecule has 4 nitrogen and oxygen atoms in total. The number of carbonyl (C=O) groups is 2. The van der Waals surface area contributed by atoms with Crippen molar-refractivity contribution in [1.29, 1.82) is 0 Å². The molecule has 0 heterocycles. The second-order valence-corrected chi connectivity index (χ2v) is 7.90. The van der Waals surface area contributed by atoms with Gasteiger partial charge in [-0.05, 0) is 18.9 Å². The van der Waals surface area contributed by atoms with Gasteiger partial charge in [-0.25, -0.2) is 0 Å². The first-order chi connectivity index (χ1) is 14.1. The molecule has 0 saturated heterocycles. The number of hydrogen-bond donors (Lipinski definition) is 0. The lowest BCUT2D eigenvalue weighted by Gasteiger charge is -2.06. The quantitative estimate of drug-likeness (QED) is 0.215. The second-order valence-electron chi connectivity index (χ2n) is 7.90. The molecule has 0 bridgehead atoms. The Morgan fingerprint density at radius 2 is 1.17 bits per heavy atom. The summed E-state index contributed by atoms with van der Waals surface area (Å²) in [5.41, 5.74) is 2.11. The molecule has 164 valence electrons. The van der Waals surface area contributed by atoms with Crippen LogP contribution in [-0.4, -0.2) is 18.5 Å². The molecule has 0 aliphatic carbocycles. The van der Waals surface area contributed by atoms with E-state index in [4.69, 9.17) is 9.47 Å². The van der Waals surface area contributed by atoms with Crippen molar-refractivity contribution in [3.05, 3.63) is 35.4 Å². The van der Waals surface area contributed by atoms with Gasteiger partial charge >= 0.3 is 11.9 Å². The fraction of sp³-hybridized carbons (Fsp3) is 0.680. The maximum atomic E-state index is 11.7. The highest BCUT2D eigenvalue weighted by Gasteiger charge is 2.09. The Kier molecular flexibility index (Phi) is 14.8. The Bertz CT molecular complexity index is 550. The molecule has 0 fully saturated rings. The molecule has 0 aromatic heterocycles. The highest BCUT2D eigenvalue weighted by molar-refractivity contribution is 5.77. The highest BCUT2D eigenvalue weighted by atomic mass is 16.5. The molecule has 0 atom stereocenters. The minimum Gasteiger partial charge on any atom is -0.466 e. The molecule has 0 saturated carbocycles. The summed E-state index contributed by atoms with van der Waals surface area (Å²) in [5.74, 6) is -0.679. The lowest BCUT2D eigenvalue weighted by Crippen LogP contribution is -2.11. The zero-order valence-corrected chi connectivity index (χ0v) is 18.5. The van der Waals surface area contributed by atoms with Gasteiger partial charge in [0.1, 0.15) is 6.61 Å². The first kappa shape index (κ1) is 25.2. The highest BCUT2D eigenvalue weighted by Crippen LogP contribution is 2.11. The van der Waals surface area contributed by atoms with Crippen molar-refractivity contribution in [2.45, 2.75) is 104 Å². The summed E-state index contributed by atoms with van der Waals surface area (Å²) in [6.45, 7) is 4.96. The minimum atomic E-state index is -0.364. The van der Waals surface area contributed by atoms with Crippen LogP contribution in [0.1, 0.15) is 102 Å². The van der Waals surface area contributed by atoms with E-state index < -0.39 is 0 Å². The number of hydrogen-bond acceptors (Lipinski definition) is 4. The van der Waals surface area contributed by atoms with Gasteiger partial charge in [0.05, 0.1) is 19.4 Å². The Morgan fingerprint density at radius 3 is 1.72 bits per heavy atom. The van der Waals surface area contributed by atoms with Crippen LogP contribution in [0.25, 0.3) is 0 Å². The predicted molar refractivity (Wildman–Crippen MR) is 118 cm³/mol. The molecule has 0 aliphatic heterocycles. The van der Waals surface area contributed by atoms with Gasteiger partial charge in [0.2, 0.25) is 0 Å². The van der Waals surface area contributed by atoms with Crippen LogP contribution in [-0.2, 0) is 25.7 Å². The normalized spacial score (nSPS) is 10.7. The largest absolute Gasteiger partial charge is 0.466 e. The maximum absolute atomic E-state index is 11.7. The van der Waals surface area contributed by atoms with Gasteiger partial charge < -0.3 is 9.47 Å². The minimum absolute atomic E-state index is 0.0724. The lowest BCUT2D eigenvalue weighted by atomic mass is 10.1. The summed E-state index contributed by atoms with van der Waals surface area (Å²) in [7, 11) is 0. The van der Waals surface area contributed by atoms with Gasteiger partial charge in [-0.3, -0.25) is 9.59 Å². The van der Waals surface area contributed by atoms with Gasteiger partial charge in [0, 0.05) is 0 Å². The molecular formula is C25H40O4. The van der Waals surface area contributed by atoms with Crippen LogP contribution in [0.2, 0.25) is 0 Å². The summed E-state index contributed by atoms with van der Waals surface area (Å²) in [6, 6.07) is 7.83. The molecule has 0 unspecified atom stereocenters. The van der Waals surface area contributed by atoms with Gasteiger partial charge in [-0.1, -0.05) is 101 Å². The molecule has 0 amide bonds. The van der Waals surface area contributed by atoms with Gasteiger partial charge in [-0.15, -0.1) is 0 Å². The third-order valence-electron chi connectivity index (χ3n) is 5.06. The summed E-state index contributed by atoms with van der Waals surface area (Å²) in [5, 5.41) is 0. The SMILES string of the molecule is CCCCCCCCCCCCCOC(=O)CCC(=O)OCc1ccc(C)cc1. The van der Waals surface area contributed by atoms with E-state index in [-0.39, 0.29) is 31.4 Å². The van der Waals surface area contributed by atoms with Gasteiger partial charge in [-0.2, -0.15) is 0 Å². The molecule has 1 aromatic carbocycles. The van der Waals surface area contributed by atoms with E-state index in [0.29, 0.717) is 6.61 Å². The average molecular weight is 405 g/mol. The second kappa shape index (κ2) is 17.1. The predicted octanol–water partition coefficient (Wildman–Crippen LogP) is 6.67. The van der Waals surface area contributed by atoms with Gasteiger partial charge in [0.25, 0.3) is 0 Å². The van der Waals surface area contributed by atoms with Crippen molar-refractivity contribution in [2.24, 2.45) is 0 Å². The number of unbranched alkanes of at least 4 members (excludes halogenated alkanes) is 10. The summed E-state index contributed by atoms with van der Waals surface area (Å²) in [6.07, 6.45) is 14.1. The third kappa shape index (κ3) is 14.8. The monoisotopic (exact) mass is 404 g/mol. The van der Waals surface area contributed by atoms with Crippen LogP contribution in [0.15, 0.2) is 24.3 Å². The fourth-order valence-corrected chi connectivity index (χ4v) is 3.15. The Balaban J connectivity index is 1.89. The molecule has 0 spiro atoms. The van der Waals surface area contributed by atoms with Crippen molar-refractivity contribution in [3.63, 3.8) is 0 Å². The van der Waals surface area contributed by atoms with Crippen molar-refractivity contribution >= 4 is 11.9 Å². The van der Waals surface area contributed by atoms with Crippen LogP contribution in [0.4, 0.5) is 0 Å². The maximum Gasteiger partial charge on any atom is 0.306 e. The average Bonchev–Trinajstić information content (AvgIpc) is 2.72. The number of ether oxygens (including phenoxy) is 2. The molecule has 29 heavy (non-hydrogen) atoms. The Labute approximate surface area is 177 Å². The van der Waals surface area contributed by atoms with Crippen LogP contribution in [0.5, 0.6) is 0 Å². The zero-order chi connectivity index (χ0) is 21.2. The van der Waals surface area contributed by atoms with Crippen LogP contribution in [0.3, 0.4) is 0 Å². The van der Waals surface area contributed by atoms with E-state index in [1.165, 1.54) is 63.4 Å². The number of carbonyl (C=O) groups excluding carboxylic acids is 2. The lowest BCUT2D eigenvalue weighted by molar-refractivity contribution is -0.151. The van der Waals surface area contributed by atoms with E-state index in [0.717, 1.165) is 18.4 Å². The van der Waals surface area contributed by atoms with Crippen molar-refractivity contribution in [2.75, 3.05) is 6.61 Å². The first-order valence-corrected chi connectivity index (χ1v) is 11.5. The Morgan fingerprint density at radius 1 is 0.690 bits per heavy atom. The van der Waals surface area contributed by atoms with Crippen molar-refractivity contribution in [3.8, 4) is 0 Å². The molecule has 4 heteroatoms. The van der Waals surface area contributed by atoms with E-state index in [2.05, 4.69) is 6.92 Å². The zero-order valence-electron chi connectivity index (χ0n) is 18.5. The summed E-state index contributed by atoms with van der Waals surface area (Å²) in [4.78, 5) is 23.4. The van der Waals surface area contributed by atoms with Crippen LogP contribution >= 0.6 is 0 Å². The molecule has 0 aliphatic rings. The van der Waals surface area contributed by atoms with Crippen molar-refractivity contribution < 1.29 is 19.1 Å². The number of rotatable bonds is 17. The van der Waals surface area contributed by atoms with Crippen LogP contribution in [0, 0.1) is 6.92 Å². The van der Waals surface area contributed by atoms with E-state index in [1.54, 1.807) is 0 Å². The standard InChI is InChI=1S/C25H40O4/c1-3-4-5-6-7-8-9-10-11-12-13-20-28-24(26)18-19-25(27)29-21-23-16-14-22(2)15-17-23/h14-17H,3-13,18-21H2,1-2H3. The fourth-order valence-electron chi connectivity index (χ4n) is 3.15. The molecule has 1 aromatic rings.